The van der Waals surface area contributed by atoms with Gasteiger partial charge in [0, 0.05) is 11.7 Å². The quantitative estimate of drug-likeness (QED) is 0.281. The van der Waals surface area contributed by atoms with Gasteiger partial charge in [0.05, 0.1) is 0 Å². The highest BCUT2D eigenvalue weighted by Gasteiger charge is 2.08. The van der Waals surface area contributed by atoms with Crippen LogP contribution in [0.15, 0.2) is 80.0 Å². The molecule has 2 aromatic rings. The molecule has 0 radical (unpaired) electrons. The van der Waals surface area contributed by atoms with E-state index in [9.17, 15) is 0 Å². The lowest BCUT2D eigenvalue weighted by Crippen LogP contribution is -2.29. The van der Waals surface area contributed by atoms with Crippen LogP contribution < -0.4 is 5.32 Å². The van der Waals surface area contributed by atoms with Gasteiger partial charge < -0.3 is 5.32 Å². The van der Waals surface area contributed by atoms with Crippen LogP contribution in [-0.4, -0.2) is 6.04 Å². The van der Waals surface area contributed by atoms with Gasteiger partial charge in [0.25, 0.3) is 0 Å². The van der Waals surface area contributed by atoms with E-state index < -0.39 is 0 Å². The number of benzene rings is 2. The van der Waals surface area contributed by atoms with E-state index in [0.29, 0.717) is 6.04 Å². The fraction of sp³-hybridized carbons (Fsp3) is 0.467. The molecule has 31 heavy (non-hydrogen) atoms. The minimum atomic E-state index is 0.474. The number of nitrogens with one attached hydrogen (secondary N) is 1. The van der Waals surface area contributed by atoms with Crippen molar-refractivity contribution in [3.05, 3.63) is 85.6 Å². The van der Waals surface area contributed by atoms with Gasteiger partial charge in [-0.1, -0.05) is 115 Å². The summed E-state index contributed by atoms with van der Waals surface area (Å²) in [5.74, 6) is 0.884. The zero-order valence-electron chi connectivity index (χ0n) is 20.9. The van der Waals surface area contributed by atoms with E-state index in [-0.39, 0.29) is 0 Å². The van der Waals surface area contributed by atoms with Crippen LogP contribution in [-0.2, 0) is 6.42 Å². The summed E-state index contributed by atoms with van der Waals surface area (Å²) in [6.07, 6.45) is 8.37. The summed E-state index contributed by atoms with van der Waals surface area (Å²) in [5.41, 5.74) is 5.13. The predicted molar refractivity (Wildman–Crippen MR) is 142 cm³/mol. The Morgan fingerprint density at radius 1 is 0.806 bits per heavy atom. The summed E-state index contributed by atoms with van der Waals surface area (Å²) in [4.78, 5) is 0. The van der Waals surface area contributed by atoms with E-state index in [0.717, 1.165) is 25.2 Å². The number of rotatable bonds is 11. The van der Waals surface area contributed by atoms with Crippen LogP contribution in [0.2, 0.25) is 0 Å². The van der Waals surface area contributed by atoms with E-state index in [1.165, 1.54) is 48.1 Å². The minimum Gasteiger partial charge on any atom is -0.386 e. The van der Waals surface area contributed by atoms with Crippen LogP contribution in [0, 0.1) is 5.92 Å². The second kappa shape index (κ2) is 18.5. The molecule has 0 spiro atoms. The molecule has 1 heteroatoms. The highest BCUT2D eigenvalue weighted by molar-refractivity contribution is 5.63. The summed E-state index contributed by atoms with van der Waals surface area (Å²) in [5, 5.41) is 3.63. The van der Waals surface area contributed by atoms with Crippen LogP contribution in [0.4, 0.5) is 0 Å². The Labute approximate surface area is 193 Å². The first kappa shape index (κ1) is 28.7. The van der Waals surface area contributed by atoms with Crippen LogP contribution >= 0.6 is 0 Å². The second-order valence-corrected chi connectivity index (χ2v) is 8.38. The van der Waals surface area contributed by atoms with Gasteiger partial charge in [0.15, 0.2) is 0 Å². The van der Waals surface area contributed by atoms with Crippen molar-refractivity contribution in [2.24, 2.45) is 5.92 Å². The van der Waals surface area contributed by atoms with E-state index >= 15 is 0 Å². The molecule has 0 heterocycles. The fourth-order valence-electron chi connectivity index (χ4n) is 3.00. The maximum atomic E-state index is 4.20. The van der Waals surface area contributed by atoms with Crippen LogP contribution in [0.25, 0.3) is 11.1 Å². The number of allylic oxidation sites excluding steroid dienone is 1. The summed E-state index contributed by atoms with van der Waals surface area (Å²) in [7, 11) is 0. The summed E-state index contributed by atoms with van der Waals surface area (Å²) >= 11 is 0. The van der Waals surface area contributed by atoms with Gasteiger partial charge in [0.1, 0.15) is 0 Å². The Balaban J connectivity index is 0.00000113. The molecule has 0 saturated heterocycles. The summed E-state index contributed by atoms with van der Waals surface area (Å²) in [6.45, 7) is 21.3. The first-order valence-electron chi connectivity index (χ1n) is 12.1. The molecule has 0 aliphatic carbocycles. The molecule has 0 bridgehead atoms. The van der Waals surface area contributed by atoms with Crippen molar-refractivity contribution < 1.29 is 0 Å². The predicted octanol–water partition coefficient (Wildman–Crippen LogP) is 9.21. The number of hydrogen-bond acceptors (Lipinski definition) is 1. The van der Waals surface area contributed by atoms with Crippen molar-refractivity contribution in [1.29, 1.82) is 0 Å². The third-order valence-electron chi connectivity index (χ3n) is 5.34. The van der Waals surface area contributed by atoms with Crippen molar-refractivity contribution in [1.82, 2.24) is 5.32 Å². The third-order valence-corrected chi connectivity index (χ3v) is 5.34. The minimum absolute atomic E-state index is 0.474. The average Bonchev–Trinajstić information content (AvgIpc) is 2.81. The van der Waals surface area contributed by atoms with Crippen molar-refractivity contribution in [3.63, 3.8) is 0 Å². The standard InChI is InChI=1S/C23H31N.C5H12.C2H4/c1-4-6-8-11-19(3)24-23(5-2)18-20-14-16-22(17-15-20)21-12-9-7-10-13-21;1-4-5(2)3;1-2/h7,9-10,12-17,23-24H,3-6,8,11,18H2,1-2H3;5H,4H2,1-3H3;1-2H2. The Morgan fingerprint density at radius 2 is 1.35 bits per heavy atom. The Hall–Kier alpha value is -2.28. The first-order valence-corrected chi connectivity index (χ1v) is 12.1. The molecule has 1 unspecified atom stereocenters. The molecular weight excluding hydrogens is 374 g/mol. The molecule has 2 rings (SSSR count). The first-order chi connectivity index (χ1) is 15.0. The molecule has 172 valence electrons. The van der Waals surface area contributed by atoms with Gasteiger partial charge in [-0.2, -0.15) is 0 Å². The highest BCUT2D eigenvalue weighted by Crippen LogP contribution is 2.20. The summed E-state index contributed by atoms with van der Waals surface area (Å²) < 4.78 is 0. The Morgan fingerprint density at radius 3 is 1.84 bits per heavy atom. The molecule has 0 saturated carbocycles. The monoisotopic (exact) mass is 421 g/mol. The molecule has 1 nitrogen and oxygen atoms in total. The van der Waals surface area contributed by atoms with Crippen LogP contribution in [0.5, 0.6) is 0 Å². The van der Waals surface area contributed by atoms with Crippen molar-refractivity contribution in [2.75, 3.05) is 0 Å². The largest absolute Gasteiger partial charge is 0.386 e. The lowest BCUT2D eigenvalue weighted by molar-refractivity contribution is 0.527. The molecule has 1 atom stereocenters. The van der Waals surface area contributed by atoms with Crippen molar-refractivity contribution >= 4 is 0 Å². The molecule has 0 amide bonds. The normalized spacial score (nSPS) is 10.9. The van der Waals surface area contributed by atoms with Gasteiger partial charge in [-0.15, -0.1) is 13.2 Å². The van der Waals surface area contributed by atoms with E-state index in [4.69, 9.17) is 0 Å². The lowest BCUT2D eigenvalue weighted by Gasteiger charge is -2.20. The molecule has 0 aromatic heterocycles. The van der Waals surface area contributed by atoms with E-state index in [1.54, 1.807) is 0 Å². The third kappa shape index (κ3) is 13.6. The van der Waals surface area contributed by atoms with Crippen LogP contribution in [0.1, 0.15) is 78.7 Å². The Kier molecular flexibility index (Phi) is 17.1. The zero-order valence-corrected chi connectivity index (χ0v) is 20.9. The van der Waals surface area contributed by atoms with E-state index in [1.807, 2.05) is 0 Å². The van der Waals surface area contributed by atoms with E-state index in [2.05, 4.69) is 114 Å². The van der Waals surface area contributed by atoms with Gasteiger partial charge >= 0.3 is 0 Å². The maximum Gasteiger partial charge on any atom is 0.0295 e. The zero-order chi connectivity index (χ0) is 23.5. The molecule has 0 aliphatic rings. The SMILES string of the molecule is C=C.C=C(CCCCC)NC(CC)Cc1ccc(-c2ccccc2)cc1.CCC(C)C. The van der Waals surface area contributed by atoms with Crippen molar-refractivity contribution in [2.45, 2.75) is 85.6 Å². The molecule has 0 fully saturated rings. The Bertz CT molecular complexity index is 669. The fourth-order valence-corrected chi connectivity index (χ4v) is 3.00. The molecule has 1 N–H and O–H groups in total. The number of hydrogen-bond donors (Lipinski definition) is 1. The number of unbranched alkanes of at least 4 members (excludes halogenated alkanes) is 2. The summed E-state index contributed by atoms with van der Waals surface area (Å²) in [6, 6.07) is 20.0. The maximum absolute atomic E-state index is 4.20. The molecule has 0 aliphatic heterocycles. The molecule has 2 aromatic carbocycles. The van der Waals surface area contributed by atoms with Gasteiger partial charge in [-0.05, 0) is 48.3 Å². The van der Waals surface area contributed by atoms with Crippen LogP contribution in [0.3, 0.4) is 0 Å². The van der Waals surface area contributed by atoms with Gasteiger partial charge in [-0.25, -0.2) is 0 Å². The average molecular weight is 422 g/mol. The van der Waals surface area contributed by atoms with Gasteiger partial charge in [0.2, 0.25) is 0 Å². The highest BCUT2D eigenvalue weighted by atomic mass is 14.9. The van der Waals surface area contributed by atoms with Gasteiger partial charge in [-0.3, -0.25) is 0 Å². The van der Waals surface area contributed by atoms with Crippen molar-refractivity contribution in [3.8, 4) is 11.1 Å². The lowest BCUT2D eigenvalue weighted by atomic mass is 9.99. The molecular formula is C30H47N. The smallest absolute Gasteiger partial charge is 0.0295 e. The second-order valence-electron chi connectivity index (χ2n) is 8.38. The topological polar surface area (TPSA) is 12.0 Å².